The first-order valence-electron chi connectivity index (χ1n) is 9.15. The molecule has 5 nitrogen and oxygen atoms in total. The van der Waals surface area contributed by atoms with Crippen LogP contribution in [0.4, 0.5) is 5.69 Å². The summed E-state index contributed by atoms with van der Waals surface area (Å²) in [6, 6.07) is 15.3. The highest BCUT2D eigenvalue weighted by molar-refractivity contribution is 6.39. The molecule has 0 aliphatic heterocycles. The third-order valence-corrected chi connectivity index (χ3v) is 5.11. The molecule has 0 spiro atoms. The number of hydrogen-bond acceptors (Lipinski definition) is 2. The highest BCUT2D eigenvalue weighted by Crippen LogP contribution is 2.29. The van der Waals surface area contributed by atoms with Crippen LogP contribution in [0.1, 0.15) is 25.5 Å². The molecule has 0 unspecified atom stereocenters. The second kappa shape index (κ2) is 10.5. The number of nitrogens with two attached hydrogens (primary N) is 1. The number of halogens is 2. The lowest BCUT2D eigenvalue weighted by atomic mass is 9.96. The van der Waals surface area contributed by atoms with Gasteiger partial charge >= 0.3 is 0 Å². The third-order valence-electron chi connectivity index (χ3n) is 4.48. The van der Waals surface area contributed by atoms with Crippen molar-refractivity contribution in [1.29, 1.82) is 0 Å². The number of rotatable bonds is 8. The van der Waals surface area contributed by atoms with Gasteiger partial charge in [0.05, 0.1) is 22.3 Å². The number of nitrogens with zero attached hydrogens (tertiary/aromatic N) is 1. The zero-order valence-corrected chi connectivity index (χ0v) is 17.8. The van der Waals surface area contributed by atoms with Crippen LogP contribution in [-0.4, -0.2) is 36.9 Å². The van der Waals surface area contributed by atoms with Gasteiger partial charge in [-0.2, -0.15) is 0 Å². The number of anilines is 1. The number of amides is 2. The SMILES string of the molecule is CC(C)[C@@H]([NH2+]CC(=O)N(C)CC(=O)Nc1c(Cl)cccc1Cl)c1ccccc1. The fourth-order valence-corrected chi connectivity index (χ4v) is 3.44. The molecule has 0 aliphatic rings. The Hall–Kier alpha value is -2.08. The van der Waals surface area contributed by atoms with Crippen molar-refractivity contribution in [3.63, 3.8) is 0 Å². The summed E-state index contributed by atoms with van der Waals surface area (Å²) in [5, 5.41) is 5.39. The predicted molar refractivity (Wildman–Crippen MR) is 114 cm³/mol. The van der Waals surface area contributed by atoms with Crippen LogP contribution in [0.5, 0.6) is 0 Å². The van der Waals surface area contributed by atoms with E-state index in [1.54, 1.807) is 25.2 Å². The fraction of sp³-hybridized carbons (Fsp3) is 0.333. The Morgan fingerprint density at radius 1 is 1.04 bits per heavy atom. The van der Waals surface area contributed by atoms with Gasteiger partial charge < -0.3 is 15.5 Å². The minimum absolute atomic E-state index is 0.0775. The maximum absolute atomic E-state index is 12.5. The molecule has 0 heterocycles. The van der Waals surface area contributed by atoms with E-state index in [1.165, 1.54) is 10.5 Å². The van der Waals surface area contributed by atoms with Crippen LogP contribution in [0.3, 0.4) is 0 Å². The molecular weight excluding hydrogens is 397 g/mol. The number of para-hydroxylation sites is 1. The molecule has 0 radical (unpaired) electrons. The number of likely N-dealkylation sites (N-methyl/N-ethyl adjacent to an activating group) is 1. The van der Waals surface area contributed by atoms with Gasteiger partial charge in [0.2, 0.25) is 5.91 Å². The molecule has 2 amide bonds. The second-order valence-corrected chi connectivity index (χ2v) is 7.83. The second-order valence-electron chi connectivity index (χ2n) is 7.01. The van der Waals surface area contributed by atoms with Crippen LogP contribution < -0.4 is 10.6 Å². The van der Waals surface area contributed by atoms with Crippen molar-refractivity contribution in [2.24, 2.45) is 5.92 Å². The molecule has 150 valence electrons. The van der Waals surface area contributed by atoms with Gasteiger partial charge in [0.1, 0.15) is 6.04 Å². The summed E-state index contributed by atoms with van der Waals surface area (Å²) in [5.41, 5.74) is 1.53. The van der Waals surface area contributed by atoms with E-state index in [2.05, 4.69) is 31.3 Å². The molecule has 0 aliphatic carbocycles. The number of benzene rings is 2. The zero-order chi connectivity index (χ0) is 20.7. The van der Waals surface area contributed by atoms with Crippen molar-refractivity contribution >= 4 is 40.7 Å². The Morgan fingerprint density at radius 2 is 1.64 bits per heavy atom. The van der Waals surface area contributed by atoms with Crippen LogP contribution in [0.2, 0.25) is 10.0 Å². The minimum atomic E-state index is -0.352. The smallest absolute Gasteiger partial charge is 0.277 e. The van der Waals surface area contributed by atoms with Crippen LogP contribution >= 0.6 is 23.2 Å². The molecule has 2 aromatic carbocycles. The van der Waals surface area contributed by atoms with Gasteiger partial charge in [-0.1, -0.05) is 73.4 Å². The molecular formula is C21H26Cl2N3O2+. The number of carbonyl (C=O) groups is 2. The molecule has 1 atom stereocenters. The highest BCUT2D eigenvalue weighted by atomic mass is 35.5. The third kappa shape index (κ3) is 6.23. The molecule has 0 fully saturated rings. The summed E-state index contributed by atoms with van der Waals surface area (Å²) in [5.74, 6) is -0.109. The molecule has 0 saturated carbocycles. The van der Waals surface area contributed by atoms with Gasteiger partial charge in [-0.15, -0.1) is 0 Å². The molecule has 3 N–H and O–H groups in total. The summed E-state index contributed by atoms with van der Waals surface area (Å²) in [7, 11) is 1.61. The number of quaternary nitrogens is 1. The number of nitrogens with one attached hydrogen (secondary N) is 1. The molecule has 28 heavy (non-hydrogen) atoms. The molecule has 0 aromatic heterocycles. The first kappa shape index (κ1) is 22.2. The van der Waals surface area contributed by atoms with E-state index in [1.807, 2.05) is 23.5 Å². The average molecular weight is 423 g/mol. The van der Waals surface area contributed by atoms with E-state index in [-0.39, 0.29) is 30.9 Å². The molecule has 0 bridgehead atoms. The fourth-order valence-electron chi connectivity index (χ4n) is 2.95. The van der Waals surface area contributed by atoms with E-state index >= 15 is 0 Å². The van der Waals surface area contributed by atoms with Crippen molar-refractivity contribution < 1.29 is 14.9 Å². The number of carbonyl (C=O) groups excluding carboxylic acids is 2. The van der Waals surface area contributed by atoms with E-state index in [0.717, 1.165) is 0 Å². The molecule has 2 rings (SSSR count). The maximum atomic E-state index is 12.5. The minimum Gasteiger partial charge on any atom is -0.332 e. The first-order valence-corrected chi connectivity index (χ1v) is 9.91. The lowest BCUT2D eigenvalue weighted by Crippen LogP contribution is -2.88. The Morgan fingerprint density at radius 3 is 2.21 bits per heavy atom. The summed E-state index contributed by atoms with van der Waals surface area (Å²) >= 11 is 12.1. The highest BCUT2D eigenvalue weighted by Gasteiger charge is 2.22. The van der Waals surface area contributed by atoms with E-state index in [4.69, 9.17) is 23.2 Å². The quantitative estimate of drug-likeness (QED) is 0.684. The lowest BCUT2D eigenvalue weighted by molar-refractivity contribution is -0.692. The van der Waals surface area contributed by atoms with Gasteiger partial charge in [-0.05, 0) is 12.1 Å². The number of hydrogen-bond donors (Lipinski definition) is 2. The van der Waals surface area contributed by atoms with Crippen molar-refractivity contribution in [3.8, 4) is 0 Å². The van der Waals surface area contributed by atoms with Crippen molar-refractivity contribution in [1.82, 2.24) is 4.90 Å². The van der Waals surface area contributed by atoms with Crippen molar-refractivity contribution in [2.75, 3.05) is 25.5 Å². The zero-order valence-electron chi connectivity index (χ0n) is 16.3. The molecule has 0 saturated heterocycles. The van der Waals surface area contributed by atoms with Gasteiger partial charge in [0, 0.05) is 18.5 Å². The topological polar surface area (TPSA) is 66.0 Å². The van der Waals surface area contributed by atoms with E-state index < -0.39 is 0 Å². The summed E-state index contributed by atoms with van der Waals surface area (Å²) in [6.07, 6.45) is 0. The first-order chi connectivity index (χ1) is 13.3. The van der Waals surface area contributed by atoms with Gasteiger partial charge in [-0.3, -0.25) is 9.59 Å². The van der Waals surface area contributed by atoms with Gasteiger partial charge in [-0.25, -0.2) is 0 Å². The van der Waals surface area contributed by atoms with Crippen LogP contribution in [0, 0.1) is 5.92 Å². The van der Waals surface area contributed by atoms with E-state index in [0.29, 0.717) is 21.7 Å². The molecule has 2 aromatic rings. The predicted octanol–water partition coefficient (Wildman–Crippen LogP) is 3.35. The monoisotopic (exact) mass is 422 g/mol. The maximum Gasteiger partial charge on any atom is 0.277 e. The summed E-state index contributed by atoms with van der Waals surface area (Å²) in [4.78, 5) is 26.2. The molecule has 7 heteroatoms. The van der Waals surface area contributed by atoms with Crippen LogP contribution in [0.15, 0.2) is 48.5 Å². The summed E-state index contributed by atoms with van der Waals surface area (Å²) < 4.78 is 0. The van der Waals surface area contributed by atoms with Crippen LogP contribution in [-0.2, 0) is 9.59 Å². The van der Waals surface area contributed by atoms with Crippen molar-refractivity contribution in [2.45, 2.75) is 19.9 Å². The van der Waals surface area contributed by atoms with Gasteiger partial charge in [0.15, 0.2) is 6.54 Å². The largest absolute Gasteiger partial charge is 0.332 e. The normalized spacial score (nSPS) is 11.9. The van der Waals surface area contributed by atoms with Crippen molar-refractivity contribution in [3.05, 3.63) is 64.1 Å². The lowest BCUT2D eigenvalue weighted by Gasteiger charge is -2.22. The summed E-state index contributed by atoms with van der Waals surface area (Å²) in [6.45, 7) is 4.44. The van der Waals surface area contributed by atoms with E-state index in [9.17, 15) is 9.59 Å². The Labute approximate surface area is 176 Å². The Bertz CT molecular complexity index is 792. The Kier molecular flexibility index (Phi) is 8.30. The average Bonchev–Trinajstić information content (AvgIpc) is 2.65. The van der Waals surface area contributed by atoms with Gasteiger partial charge in [0.25, 0.3) is 5.91 Å². The Balaban J connectivity index is 1.90. The van der Waals surface area contributed by atoms with Crippen LogP contribution in [0.25, 0.3) is 0 Å². The standard InChI is InChI=1S/C21H25Cl2N3O2/c1-14(2)20(15-8-5-4-6-9-15)24-12-19(28)26(3)13-18(27)25-21-16(22)10-7-11-17(21)23/h4-11,14,20,24H,12-13H2,1-3H3,(H,25,27)/p+1/t20-/m1/s1.